The van der Waals surface area contributed by atoms with Crippen molar-refractivity contribution in [3.05, 3.63) is 84.7 Å². The summed E-state index contributed by atoms with van der Waals surface area (Å²) in [6.45, 7) is -0.271. The SMILES string of the molecule is COC(=O)COc1cc(-c2ccccc2)nc2ccc(NC(=O)Nc3ccc(F)cc3)cc12. The number of ether oxygens (including phenoxy) is 2. The fourth-order valence-electron chi connectivity index (χ4n) is 3.17. The van der Waals surface area contributed by atoms with E-state index < -0.39 is 17.8 Å². The normalized spacial score (nSPS) is 10.5. The van der Waals surface area contributed by atoms with Gasteiger partial charge in [-0.2, -0.15) is 0 Å². The Morgan fingerprint density at radius 2 is 1.61 bits per heavy atom. The van der Waals surface area contributed by atoms with Crippen LogP contribution in [0.25, 0.3) is 22.2 Å². The van der Waals surface area contributed by atoms with Crippen LogP contribution < -0.4 is 15.4 Å². The largest absolute Gasteiger partial charge is 0.481 e. The van der Waals surface area contributed by atoms with Gasteiger partial charge in [0.1, 0.15) is 11.6 Å². The van der Waals surface area contributed by atoms with Crippen molar-refractivity contribution >= 4 is 34.3 Å². The second kappa shape index (κ2) is 9.78. The fourth-order valence-corrected chi connectivity index (χ4v) is 3.17. The first-order valence-corrected chi connectivity index (χ1v) is 10.1. The first-order valence-electron chi connectivity index (χ1n) is 10.1. The summed E-state index contributed by atoms with van der Waals surface area (Å²) in [4.78, 5) is 28.7. The molecule has 0 unspecified atom stereocenters. The van der Waals surface area contributed by atoms with E-state index in [9.17, 15) is 14.0 Å². The molecule has 0 aliphatic heterocycles. The number of carbonyl (C=O) groups excluding carboxylic acids is 2. The Hall–Kier alpha value is -4.46. The predicted octanol–water partition coefficient (Wildman–Crippen LogP) is 5.24. The van der Waals surface area contributed by atoms with Gasteiger partial charge in [-0.1, -0.05) is 30.3 Å². The zero-order chi connectivity index (χ0) is 23.2. The molecular weight excluding hydrogens is 425 g/mol. The molecule has 0 atom stereocenters. The van der Waals surface area contributed by atoms with Gasteiger partial charge in [-0.25, -0.2) is 19.0 Å². The van der Waals surface area contributed by atoms with Crippen molar-refractivity contribution in [3.63, 3.8) is 0 Å². The van der Waals surface area contributed by atoms with Gasteiger partial charge in [-0.05, 0) is 42.5 Å². The van der Waals surface area contributed by atoms with Gasteiger partial charge in [-0.15, -0.1) is 0 Å². The maximum absolute atomic E-state index is 13.1. The van der Waals surface area contributed by atoms with Crippen LogP contribution in [0.15, 0.2) is 78.9 Å². The molecule has 166 valence electrons. The number of esters is 1. The average molecular weight is 445 g/mol. The molecule has 1 heterocycles. The first kappa shape index (κ1) is 21.8. The van der Waals surface area contributed by atoms with Gasteiger partial charge in [0, 0.05) is 28.4 Å². The van der Waals surface area contributed by atoms with Crippen LogP contribution in [0.3, 0.4) is 0 Å². The lowest BCUT2D eigenvalue weighted by Gasteiger charge is -2.13. The number of carbonyl (C=O) groups is 2. The summed E-state index contributed by atoms with van der Waals surface area (Å²) >= 11 is 0. The first-order chi connectivity index (χ1) is 16.0. The molecular formula is C25H20FN3O4. The number of amides is 2. The molecule has 33 heavy (non-hydrogen) atoms. The van der Waals surface area contributed by atoms with Gasteiger partial charge in [0.2, 0.25) is 0 Å². The third-order valence-corrected chi connectivity index (χ3v) is 4.77. The molecule has 0 fully saturated rings. The summed E-state index contributed by atoms with van der Waals surface area (Å²) in [6, 6.07) is 21.4. The number of rotatable bonds is 6. The predicted molar refractivity (Wildman–Crippen MR) is 124 cm³/mol. The van der Waals surface area contributed by atoms with Crippen molar-refractivity contribution < 1.29 is 23.5 Å². The van der Waals surface area contributed by atoms with Crippen molar-refractivity contribution in [1.29, 1.82) is 0 Å². The van der Waals surface area contributed by atoms with E-state index in [4.69, 9.17) is 4.74 Å². The number of pyridine rings is 1. The highest BCUT2D eigenvalue weighted by Crippen LogP contribution is 2.32. The van der Waals surface area contributed by atoms with Gasteiger partial charge in [0.15, 0.2) is 6.61 Å². The number of anilines is 2. The second-order valence-electron chi connectivity index (χ2n) is 7.05. The Morgan fingerprint density at radius 3 is 2.33 bits per heavy atom. The van der Waals surface area contributed by atoms with Gasteiger partial charge in [0.05, 0.1) is 18.3 Å². The minimum absolute atomic E-state index is 0.271. The molecule has 0 saturated carbocycles. The highest BCUT2D eigenvalue weighted by atomic mass is 19.1. The lowest BCUT2D eigenvalue weighted by Crippen LogP contribution is -2.19. The van der Waals surface area contributed by atoms with E-state index in [2.05, 4.69) is 20.4 Å². The molecule has 0 radical (unpaired) electrons. The van der Waals surface area contributed by atoms with Crippen molar-refractivity contribution in [2.75, 3.05) is 24.4 Å². The summed E-state index contributed by atoms with van der Waals surface area (Å²) in [5.74, 6) is -0.488. The number of hydrogen-bond acceptors (Lipinski definition) is 5. The van der Waals surface area contributed by atoms with Crippen LogP contribution in [0.2, 0.25) is 0 Å². The number of fused-ring (bicyclic) bond motifs is 1. The maximum atomic E-state index is 13.1. The standard InChI is InChI=1S/C25H20FN3O4/c1-32-24(30)15-33-23-14-22(16-5-3-2-4-6-16)29-21-12-11-19(13-20(21)23)28-25(31)27-18-9-7-17(26)8-10-18/h2-14H,15H2,1H3,(H2,27,28,31). The molecule has 8 heteroatoms. The number of halogens is 1. The Morgan fingerprint density at radius 1 is 0.909 bits per heavy atom. The number of hydrogen-bond donors (Lipinski definition) is 2. The van der Waals surface area contributed by atoms with Crippen LogP contribution in [0.5, 0.6) is 5.75 Å². The summed E-state index contributed by atoms with van der Waals surface area (Å²) < 4.78 is 23.4. The summed E-state index contributed by atoms with van der Waals surface area (Å²) in [7, 11) is 1.29. The van der Waals surface area contributed by atoms with Crippen molar-refractivity contribution in [2.24, 2.45) is 0 Å². The Bertz CT molecular complexity index is 1290. The molecule has 0 saturated heterocycles. The minimum Gasteiger partial charge on any atom is -0.481 e. The molecule has 3 aromatic carbocycles. The number of benzene rings is 3. The highest BCUT2D eigenvalue weighted by Gasteiger charge is 2.13. The number of nitrogens with zero attached hydrogens (tertiary/aromatic N) is 1. The van der Waals surface area contributed by atoms with Crippen LogP contribution in [-0.2, 0) is 9.53 Å². The zero-order valence-corrected chi connectivity index (χ0v) is 17.7. The van der Waals surface area contributed by atoms with Crippen LogP contribution in [0, 0.1) is 5.82 Å². The third kappa shape index (κ3) is 5.43. The summed E-state index contributed by atoms with van der Waals surface area (Å²) in [5.41, 5.74) is 3.13. The molecule has 2 N–H and O–H groups in total. The van der Waals surface area contributed by atoms with E-state index in [-0.39, 0.29) is 6.61 Å². The lowest BCUT2D eigenvalue weighted by atomic mass is 10.1. The molecule has 0 bridgehead atoms. The Labute approximate surface area is 189 Å². The van der Waals surface area contributed by atoms with Gasteiger partial charge < -0.3 is 20.1 Å². The summed E-state index contributed by atoms with van der Waals surface area (Å²) in [5, 5.41) is 5.97. The van der Waals surface area contributed by atoms with Gasteiger partial charge in [0.25, 0.3) is 0 Å². The van der Waals surface area contributed by atoms with E-state index in [1.54, 1.807) is 24.3 Å². The second-order valence-corrected chi connectivity index (χ2v) is 7.05. The van der Waals surface area contributed by atoms with Crippen LogP contribution in [-0.4, -0.2) is 30.7 Å². The van der Waals surface area contributed by atoms with Crippen LogP contribution >= 0.6 is 0 Å². The van der Waals surface area contributed by atoms with Crippen molar-refractivity contribution in [2.45, 2.75) is 0 Å². The summed E-state index contributed by atoms with van der Waals surface area (Å²) in [6.07, 6.45) is 0. The minimum atomic E-state index is -0.519. The number of methoxy groups -OCH3 is 1. The fraction of sp³-hybridized carbons (Fsp3) is 0.0800. The maximum Gasteiger partial charge on any atom is 0.343 e. The smallest absolute Gasteiger partial charge is 0.343 e. The van der Waals surface area contributed by atoms with E-state index in [0.717, 1.165) is 5.56 Å². The molecule has 4 aromatic rings. The van der Waals surface area contributed by atoms with E-state index >= 15 is 0 Å². The Balaban J connectivity index is 1.63. The van der Waals surface area contributed by atoms with Gasteiger partial charge >= 0.3 is 12.0 Å². The van der Waals surface area contributed by atoms with Crippen molar-refractivity contribution in [3.8, 4) is 17.0 Å². The molecule has 0 spiro atoms. The van der Waals surface area contributed by atoms with E-state index in [1.807, 2.05) is 30.3 Å². The number of urea groups is 1. The Kier molecular flexibility index (Phi) is 6.45. The van der Waals surface area contributed by atoms with Gasteiger partial charge in [-0.3, -0.25) is 0 Å². The number of aromatic nitrogens is 1. The molecule has 4 rings (SSSR count). The zero-order valence-electron chi connectivity index (χ0n) is 17.7. The molecule has 0 aliphatic rings. The molecule has 2 amide bonds. The number of nitrogens with one attached hydrogen (secondary N) is 2. The molecule has 0 aliphatic carbocycles. The monoisotopic (exact) mass is 445 g/mol. The van der Waals surface area contributed by atoms with Crippen LogP contribution in [0.4, 0.5) is 20.6 Å². The quantitative estimate of drug-likeness (QED) is 0.397. The van der Waals surface area contributed by atoms with Crippen LogP contribution in [0.1, 0.15) is 0 Å². The topological polar surface area (TPSA) is 89.6 Å². The third-order valence-electron chi connectivity index (χ3n) is 4.77. The molecule has 7 nitrogen and oxygen atoms in total. The van der Waals surface area contributed by atoms with Crippen molar-refractivity contribution in [1.82, 2.24) is 4.98 Å². The van der Waals surface area contributed by atoms with E-state index in [0.29, 0.717) is 33.7 Å². The highest BCUT2D eigenvalue weighted by molar-refractivity contribution is 6.01. The average Bonchev–Trinajstić information content (AvgIpc) is 2.84. The lowest BCUT2D eigenvalue weighted by molar-refractivity contribution is -0.142. The van der Waals surface area contributed by atoms with E-state index in [1.165, 1.54) is 31.4 Å². The molecule has 1 aromatic heterocycles.